The zero-order chi connectivity index (χ0) is 54.0. The maximum atomic E-state index is 15.4. The SMILES string of the molecule is Fc1c(F)c(F)c([B-](c2c(F)c(F)c(F)c(F)c2F)(c2c(F)c(F)c(F)c(F)c2F)c2c(F)c(F)c(F)c(F)c2F)c(F)c1F.O=C(C[n+]1ccncc1-c1cc2ccccc2c2ccccc12)c1ccccc1. The zero-order valence-electron chi connectivity index (χ0n) is 36.0. The molecule has 0 N–H and O–H groups in total. The monoisotopic (exact) mass is 1050 g/mol. The summed E-state index contributed by atoms with van der Waals surface area (Å²) < 4.78 is 296. The first-order valence-corrected chi connectivity index (χ1v) is 20.6. The molecule has 9 rings (SSSR count). The molecule has 0 saturated carbocycles. The van der Waals surface area contributed by atoms with Crippen LogP contribution in [0.2, 0.25) is 0 Å². The number of rotatable bonds is 8. The molecular weight excluding hydrogens is 1040 g/mol. The number of halogens is 20. The topological polar surface area (TPSA) is 33.8 Å². The standard InChI is InChI=1S/C26H19N2O.C24BF20/c29-26(19-8-2-1-3-9-19)18-28-15-14-27-17-25(28)24-16-20-10-4-5-11-21(20)22-12-6-7-13-23(22)24;26-5-1(6(27)14(35)21(42)13(5)34)25(2-7(28)15(36)22(43)16(37)8(2)29,3-9(30)17(38)23(44)18(39)10(3)31)4-11(32)19(40)24(45)20(41)12(4)33/h1-17H,18H2;/q+1;-1. The van der Waals surface area contributed by atoms with Gasteiger partial charge < -0.3 is 0 Å². The molecule has 0 bridgehead atoms. The minimum atomic E-state index is -7.22. The number of benzene rings is 8. The summed E-state index contributed by atoms with van der Waals surface area (Å²) in [5.41, 5.74) is -11.6. The van der Waals surface area contributed by atoms with Gasteiger partial charge in [0.05, 0.1) is 18.0 Å². The Morgan fingerprint density at radius 3 is 1.11 bits per heavy atom. The van der Waals surface area contributed by atoms with Gasteiger partial charge in [0.15, 0.2) is 76.0 Å². The third kappa shape index (κ3) is 8.02. The van der Waals surface area contributed by atoms with Crippen LogP contribution < -0.4 is 26.4 Å². The normalized spacial score (nSPS) is 11.6. The van der Waals surface area contributed by atoms with Gasteiger partial charge in [-0.1, -0.05) is 78.9 Å². The van der Waals surface area contributed by atoms with Crippen molar-refractivity contribution in [3.63, 3.8) is 0 Å². The van der Waals surface area contributed by atoms with Gasteiger partial charge in [0, 0.05) is 5.56 Å². The summed E-state index contributed by atoms with van der Waals surface area (Å²) >= 11 is 0. The lowest BCUT2D eigenvalue weighted by molar-refractivity contribution is -0.672. The highest BCUT2D eigenvalue weighted by Crippen LogP contribution is 2.34. The zero-order valence-corrected chi connectivity index (χ0v) is 36.0. The van der Waals surface area contributed by atoms with E-state index in [9.17, 15) is 57.5 Å². The summed E-state index contributed by atoms with van der Waals surface area (Å²) in [7, 11) is 0. The van der Waals surface area contributed by atoms with E-state index in [-0.39, 0.29) is 12.3 Å². The summed E-state index contributed by atoms with van der Waals surface area (Å²) in [6.07, 6.45) is -1.77. The van der Waals surface area contributed by atoms with Crippen molar-refractivity contribution in [2.45, 2.75) is 6.54 Å². The predicted octanol–water partition coefficient (Wildman–Crippen LogP) is 11.1. The molecule has 0 unspecified atom stereocenters. The van der Waals surface area contributed by atoms with Crippen molar-refractivity contribution in [1.29, 1.82) is 0 Å². The number of hydrogen-bond donors (Lipinski definition) is 0. The third-order valence-corrected chi connectivity index (χ3v) is 12.0. The summed E-state index contributed by atoms with van der Waals surface area (Å²) in [6, 6.07) is 28.4. The fraction of sp³-hybridized carbons (Fsp3) is 0.0200. The van der Waals surface area contributed by atoms with E-state index >= 15 is 35.1 Å². The first-order chi connectivity index (χ1) is 35.0. The molecular formula is C50H19BF20N2O. The van der Waals surface area contributed by atoms with Crippen LogP contribution in [0.3, 0.4) is 0 Å². The summed E-state index contributed by atoms with van der Waals surface area (Å²) in [5, 5.41) is 4.75. The van der Waals surface area contributed by atoms with Gasteiger partial charge in [-0.25, -0.2) is 87.8 Å². The van der Waals surface area contributed by atoms with E-state index in [1.165, 1.54) is 16.2 Å². The van der Waals surface area contributed by atoms with Crippen LogP contribution >= 0.6 is 0 Å². The largest absolute Gasteiger partial charge is 0.287 e. The molecule has 0 atom stereocenters. The molecule has 0 aliphatic carbocycles. The fourth-order valence-electron chi connectivity index (χ4n) is 8.76. The van der Waals surface area contributed by atoms with E-state index < -0.39 is 144 Å². The second kappa shape index (κ2) is 19.6. The van der Waals surface area contributed by atoms with E-state index in [0.717, 1.165) is 16.6 Å². The number of Topliss-reactive ketones (excluding diaryl/α,β-unsaturated/α-hetero) is 1. The van der Waals surface area contributed by atoms with Crippen LogP contribution in [0.25, 0.3) is 32.8 Å². The Hall–Kier alpha value is -8.31. The van der Waals surface area contributed by atoms with E-state index in [1.807, 2.05) is 47.3 Å². The van der Waals surface area contributed by atoms with E-state index in [0.29, 0.717) is 5.56 Å². The average Bonchev–Trinajstić information content (AvgIpc) is 3.41. The second-order valence-corrected chi connectivity index (χ2v) is 15.9. The Morgan fingerprint density at radius 1 is 0.392 bits per heavy atom. The van der Waals surface area contributed by atoms with Gasteiger partial charge in [-0.05, 0) is 27.6 Å². The number of carbonyl (C=O) groups excluding carboxylic acids is 1. The molecule has 24 heteroatoms. The highest BCUT2D eigenvalue weighted by Gasteiger charge is 2.52. The third-order valence-electron chi connectivity index (χ3n) is 12.0. The smallest absolute Gasteiger partial charge is 0.232 e. The van der Waals surface area contributed by atoms with Crippen LogP contribution in [0.15, 0.2) is 104 Å². The molecule has 9 aromatic rings. The highest BCUT2D eigenvalue weighted by atomic mass is 19.2. The van der Waals surface area contributed by atoms with Crippen LogP contribution in [-0.2, 0) is 6.54 Å². The van der Waals surface area contributed by atoms with Gasteiger partial charge in [0.2, 0.25) is 18.0 Å². The highest BCUT2D eigenvalue weighted by molar-refractivity contribution is 7.20. The van der Waals surface area contributed by atoms with Gasteiger partial charge in [-0.2, -0.15) is 4.57 Å². The van der Waals surface area contributed by atoms with Crippen molar-refractivity contribution >= 4 is 55.3 Å². The lowest BCUT2D eigenvalue weighted by Gasteiger charge is -2.44. The number of hydrogen-bond acceptors (Lipinski definition) is 2. The minimum absolute atomic E-state index is 0.0770. The van der Waals surface area contributed by atoms with Crippen molar-refractivity contribution in [1.82, 2.24) is 4.98 Å². The fourth-order valence-corrected chi connectivity index (χ4v) is 8.76. The Kier molecular flexibility index (Phi) is 13.8. The molecule has 378 valence electrons. The van der Waals surface area contributed by atoms with Crippen LogP contribution in [-0.4, -0.2) is 16.9 Å². The lowest BCUT2D eigenvalue weighted by atomic mass is 9.12. The number of aromatic nitrogens is 2. The molecule has 0 fully saturated rings. The molecule has 1 heterocycles. The molecule has 74 heavy (non-hydrogen) atoms. The number of fused-ring (bicyclic) bond motifs is 3. The maximum Gasteiger partial charge on any atom is 0.232 e. The Morgan fingerprint density at radius 2 is 0.716 bits per heavy atom. The van der Waals surface area contributed by atoms with Gasteiger partial charge in [-0.15, -0.1) is 21.9 Å². The molecule has 0 amide bonds. The molecule has 3 nitrogen and oxygen atoms in total. The Labute approximate surface area is 400 Å². The minimum Gasteiger partial charge on any atom is -0.287 e. The molecule has 0 spiro atoms. The summed E-state index contributed by atoms with van der Waals surface area (Å²) in [6.45, 7) is 0.267. The molecule has 0 saturated heterocycles. The number of nitrogens with zero attached hydrogens (tertiary/aromatic N) is 2. The van der Waals surface area contributed by atoms with Crippen molar-refractivity contribution < 1.29 is 97.2 Å². The summed E-state index contributed by atoms with van der Waals surface area (Å²) in [5.74, 6) is -71.3. The summed E-state index contributed by atoms with van der Waals surface area (Å²) in [4.78, 5) is 17.2. The maximum absolute atomic E-state index is 15.4. The molecule has 0 aliphatic rings. The molecule has 8 aromatic carbocycles. The van der Waals surface area contributed by atoms with E-state index in [1.54, 1.807) is 6.20 Å². The van der Waals surface area contributed by atoms with Crippen LogP contribution in [0, 0.1) is 116 Å². The second-order valence-electron chi connectivity index (χ2n) is 15.9. The van der Waals surface area contributed by atoms with Gasteiger partial charge >= 0.3 is 0 Å². The quantitative estimate of drug-likeness (QED) is 0.0289. The first-order valence-electron chi connectivity index (χ1n) is 20.6. The van der Waals surface area contributed by atoms with Crippen LogP contribution in [0.4, 0.5) is 87.8 Å². The van der Waals surface area contributed by atoms with Crippen LogP contribution in [0.5, 0.6) is 0 Å². The van der Waals surface area contributed by atoms with Crippen molar-refractivity contribution in [3.8, 4) is 11.3 Å². The lowest BCUT2D eigenvalue weighted by Crippen LogP contribution is -2.81. The van der Waals surface area contributed by atoms with Crippen LogP contribution in [0.1, 0.15) is 10.4 Å². The predicted molar refractivity (Wildman–Crippen MR) is 225 cm³/mol. The Balaban J connectivity index is 0.000000215. The molecule has 1 aromatic heterocycles. The van der Waals surface area contributed by atoms with Gasteiger partial charge in [0.25, 0.3) is 0 Å². The van der Waals surface area contributed by atoms with Gasteiger partial charge in [-0.3, -0.25) is 9.78 Å². The Bertz CT molecular complexity index is 3420. The average molecular weight is 1050 g/mol. The first kappa shape index (κ1) is 52.0. The van der Waals surface area contributed by atoms with Crippen molar-refractivity contribution in [2.75, 3.05) is 0 Å². The van der Waals surface area contributed by atoms with E-state index in [4.69, 9.17) is 0 Å². The molecule has 0 aliphatic heterocycles. The van der Waals surface area contributed by atoms with Gasteiger partial charge in [0.1, 0.15) is 52.7 Å². The van der Waals surface area contributed by atoms with Crippen molar-refractivity contribution in [3.05, 3.63) is 225 Å². The number of ketones is 1. The number of carbonyl (C=O) groups is 1. The van der Waals surface area contributed by atoms with Crippen molar-refractivity contribution in [2.24, 2.45) is 0 Å². The van der Waals surface area contributed by atoms with E-state index in [2.05, 4.69) is 59.6 Å². The molecule has 0 radical (unpaired) electrons.